The van der Waals surface area contributed by atoms with E-state index in [2.05, 4.69) is 5.32 Å². The SMILES string of the molecule is COc1ccc(Cl)c(S(=O)(=O)N2CCNC(C)C2C)c1.Cl. The van der Waals surface area contributed by atoms with Gasteiger partial charge in [-0.25, -0.2) is 8.42 Å². The van der Waals surface area contributed by atoms with E-state index in [1.54, 1.807) is 12.1 Å². The fourth-order valence-electron chi connectivity index (χ4n) is 2.30. The van der Waals surface area contributed by atoms with Gasteiger partial charge in [0.05, 0.1) is 12.1 Å². The Morgan fingerprint density at radius 1 is 1.38 bits per heavy atom. The van der Waals surface area contributed by atoms with Gasteiger partial charge < -0.3 is 10.1 Å². The molecule has 0 radical (unpaired) electrons. The van der Waals surface area contributed by atoms with Crippen molar-refractivity contribution in [3.63, 3.8) is 0 Å². The predicted octanol–water partition coefficient (Wildman–Crippen LogP) is 2.14. The van der Waals surface area contributed by atoms with E-state index in [0.29, 0.717) is 18.8 Å². The number of halogens is 2. The lowest BCUT2D eigenvalue weighted by atomic mass is 10.1. The van der Waals surface area contributed by atoms with E-state index < -0.39 is 10.0 Å². The van der Waals surface area contributed by atoms with Gasteiger partial charge in [-0.15, -0.1) is 12.4 Å². The van der Waals surface area contributed by atoms with Crippen LogP contribution in [0.15, 0.2) is 23.1 Å². The fourth-order valence-corrected chi connectivity index (χ4v) is 4.49. The van der Waals surface area contributed by atoms with Crippen LogP contribution in [0.25, 0.3) is 0 Å². The topological polar surface area (TPSA) is 58.6 Å². The first-order valence-electron chi connectivity index (χ1n) is 6.46. The number of rotatable bonds is 3. The number of hydrogen-bond acceptors (Lipinski definition) is 4. The summed E-state index contributed by atoms with van der Waals surface area (Å²) in [6, 6.07) is 4.63. The summed E-state index contributed by atoms with van der Waals surface area (Å²) in [6.07, 6.45) is 0. The number of benzene rings is 1. The molecule has 1 heterocycles. The average molecular weight is 355 g/mol. The van der Waals surface area contributed by atoms with Gasteiger partial charge >= 0.3 is 0 Å². The second kappa shape index (κ2) is 7.15. The van der Waals surface area contributed by atoms with Gasteiger partial charge in [-0.1, -0.05) is 11.6 Å². The summed E-state index contributed by atoms with van der Waals surface area (Å²) in [6.45, 7) is 4.93. The van der Waals surface area contributed by atoms with Crippen molar-refractivity contribution in [2.45, 2.75) is 30.8 Å². The van der Waals surface area contributed by atoms with E-state index in [0.717, 1.165) is 0 Å². The number of nitrogens with one attached hydrogen (secondary N) is 1. The molecule has 1 fully saturated rings. The zero-order valence-electron chi connectivity index (χ0n) is 12.2. The number of ether oxygens (including phenoxy) is 1. The zero-order valence-corrected chi connectivity index (χ0v) is 14.6. The quantitative estimate of drug-likeness (QED) is 0.903. The van der Waals surface area contributed by atoms with E-state index in [-0.39, 0.29) is 34.4 Å². The maximum Gasteiger partial charge on any atom is 0.245 e. The molecule has 1 N–H and O–H groups in total. The Morgan fingerprint density at radius 2 is 2.05 bits per heavy atom. The number of nitrogens with zero attached hydrogens (tertiary/aromatic N) is 1. The Bertz CT molecular complexity index is 595. The molecule has 21 heavy (non-hydrogen) atoms. The van der Waals surface area contributed by atoms with Crippen molar-refractivity contribution in [1.82, 2.24) is 9.62 Å². The molecule has 8 heteroatoms. The summed E-state index contributed by atoms with van der Waals surface area (Å²) >= 11 is 6.06. The molecule has 1 aliphatic heterocycles. The molecule has 5 nitrogen and oxygen atoms in total. The van der Waals surface area contributed by atoms with Crippen LogP contribution < -0.4 is 10.1 Å². The molecule has 0 amide bonds. The molecule has 1 aliphatic rings. The maximum absolute atomic E-state index is 12.8. The summed E-state index contributed by atoms with van der Waals surface area (Å²) < 4.78 is 32.2. The maximum atomic E-state index is 12.8. The van der Waals surface area contributed by atoms with Gasteiger partial charge in [0.15, 0.2) is 0 Å². The highest BCUT2D eigenvalue weighted by Crippen LogP contribution is 2.30. The van der Waals surface area contributed by atoms with Crippen molar-refractivity contribution in [1.29, 1.82) is 0 Å². The van der Waals surface area contributed by atoms with E-state index in [4.69, 9.17) is 16.3 Å². The number of methoxy groups -OCH3 is 1. The van der Waals surface area contributed by atoms with Crippen LogP contribution in [0.2, 0.25) is 5.02 Å². The first-order valence-corrected chi connectivity index (χ1v) is 8.28. The average Bonchev–Trinajstić information content (AvgIpc) is 2.42. The van der Waals surface area contributed by atoms with Gasteiger partial charge in [-0.3, -0.25) is 0 Å². The molecule has 2 rings (SSSR count). The summed E-state index contributed by atoms with van der Waals surface area (Å²) in [5.41, 5.74) is 0. The van der Waals surface area contributed by atoms with Crippen LogP contribution in [0, 0.1) is 0 Å². The molecule has 120 valence electrons. The Balaban J connectivity index is 0.00000220. The molecule has 1 aromatic carbocycles. The second-order valence-electron chi connectivity index (χ2n) is 4.90. The number of hydrogen-bond donors (Lipinski definition) is 1. The van der Waals surface area contributed by atoms with Crippen molar-refractivity contribution in [2.75, 3.05) is 20.2 Å². The summed E-state index contributed by atoms with van der Waals surface area (Å²) in [7, 11) is -2.13. The Kier molecular flexibility index (Phi) is 6.31. The van der Waals surface area contributed by atoms with E-state index in [9.17, 15) is 8.42 Å². The highest BCUT2D eigenvalue weighted by Gasteiger charge is 2.35. The minimum absolute atomic E-state index is 0. The van der Waals surface area contributed by atoms with Crippen LogP contribution in [0.4, 0.5) is 0 Å². The second-order valence-corrected chi connectivity index (χ2v) is 7.16. The van der Waals surface area contributed by atoms with Crippen LogP contribution in [-0.4, -0.2) is 45.0 Å². The van der Waals surface area contributed by atoms with Gasteiger partial charge in [-0.05, 0) is 26.0 Å². The Morgan fingerprint density at radius 3 is 2.67 bits per heavy atom. The van der Waals surface area contributed by atoms with Gasteiger partial charge in [0.2, 0.25) is 10.0 Å². The van der Waals surface area contributed by atoms with Crippen LogP contribution in [-0.2, 0) is 10.0 Å². The standard InChI is InChI=1S/C13H19ClN2O3S.ClH/c1-9-10(2)16(7-6-15-9)20(17,18)13-8-11(19-3)4-5-12(13)14;/h4-5,8-10,15H,6-7H2,1-3H3;1H. The minimum Gasteiger partial charge on any atom is -0.497 e. The third kappa shape index (κ3) is 3.63. The van der Waals surface area contributed by atoms with Gasteiger partial charge in [0.25, 0.3) is 0 Å². The van der Waals surface area contributed by atoms with E-state index >= 15 is 0 Å². The van der Waals surface area contributed by atoms with Crippen LogP contribution in [0.1, 0.15) is 13.8 Å². The lowest BCUT2D eigenvalue weighted by molar-refractivity contribution is 0.233. The van der Waals surface area contributed by atoms with Crippen molar-refractivity contribution in [2.24, 2.45) is 0 Å². The molecule has 0 saturated carbocycles. The van der Waals surface area contributed by atoms with E-state index in [1.165, 1.54) is 17.5 Å². The highest BCUT2D eigenvalue weighted by molar-refractivity contribution is 7.89. The first kappa shape index (κ1) is 18.5. The first-order chi connectivity index (χ1) is 9.37. The smallest absolute Gasteiger partial charge is 0.245 e. The van der Waals surface area contributed by atoms with Crippen molar-refractivity contribution >= 4 is 34.0 Å². The lowest BCUT2D eigenvalue weighted by Gasteiger charge is -2.37. The molecule has 1 saturated heterocycles. The Hall–Kier alpha value is -0.530. The van der Waals surface area contributed by atoms with Gasteiger partial charge in [0.1, 0.15) is 10.6 Å². The lowest BCUT2D eigenvalue weighted by Crippen LogP contribution is -2.57. The third-order valence-corrected chi connectivity index (χ3v) is 6.17. The summed E-state index contributed by atoms with van der Waals surface area (Å²) in [5, 5.41) is 3.47. The zero-order chi connectivity index (χ0) is 14.9. The van der Waals surface area contributed by atoms with Gasteiger partial charge in [0, 0.05) is 31.2 Å². The van der Waals surface area contributed by atoms with Crippen molar-refractivity contribution < 1.29 is 13.2 Å². The van der Waals surface area contributed by atoms with Crippen LogP contribution in [0.3, 0.4) is 0 Å². The van der Waals surface area contributed by atoms with Crippen molar-refractivity contribution in [3.05, 3.63) is 23.2 Å². The molecular formula is C13H20Cl2N2O3S. The van der Waals surface area contributed by atoms with E-state index in [1.807, 2.05) is 13.8 Å². The number of piperazine rings is 1. The highest BCUT2D eigenvalue weighted by atomic mass is 35.5. The van der Waals surface area contributed by atoms with Crippen LogP contribution >= 0.6 is 24.0 Å². The molecule has 0 bridgehead atoms. The van der Waals surface area contributed by atoms with Crippen LogP contribution in [0.5, 0.6) is 5.75 Å². The Labute approximate surface area is 137 Å². The summed E-state index contributed by atoms with van der Waals surface area (Å²) in [4.78, 5) is 0.0967. The normalized spacial score (nSPS) is 23.4. The third-order valence-electron chi connectivity index (χ3n) is 3.70. The molecule has 2 unspecified atom stereocenters. The van der Waals surface area contributed by atoms with Crippen molar-refractivity contribution in [3.8, 4) is 5.75 Å². The predicted molar refractivity (Wildman–Crippen MR) is 86.1 cm³/mol. The largest absolute Gasteiger partial charge is 0.497 e. The molecule has 0 aliphatic carbocycles. The molecule has 0 aromatic heterocycles. The monoisotopic (exact) mass is 354 g/mol. The molecule has 2 atom stereocenters. The minimum atomic E-state index is -3.63. The molecular weight excluding hydrogens is 335 g/mol. The van der Waals surface area contributed by atoms with Gasteiger partial charge in [-0.2, -0.15) is 4.31 Å². The molecule has 0 spiro atoms. The molecule has 1 aromatic rings. The summed E-state index contributed by atoms with van der Waals surface area (Å²) in [5.74, 6) is 0.476. The number of sulfonamides is 1. The fraction of sp³-hybridized carbons (Fsp3) is 0.538.